The van der Waals surface area contributed by atoms with Gasteiger partial charge >= 0.3 is 0 Å². The summed E-state index contributed by atoms with van der Waals surface area (Å²) in [6.07, 6.45) is 7.75. The molecule has 25 heavy (non-hydrogen) atoms. The highest BCUT2D eigenvalue weighted by Crippen LogP contribution is 2.32. The van der Waals surface area contributed by atoms with Crippen molar-refractivity contribution in [2.24, 2.45) is 5.41 Å². The second kappa shape index (κ2) is 11.1. The zero-order chi connectivity index (χ0) is 19.6. The molecule has 0 fully saturated rings. The van der Waals surface area contributed by atoms with Crippen molar-refractivity contribution in [1.82, 2.24) is 5.32 Å². The van der Waals surface area contributed by atoms with Crippen LogP contribution in [0.1, 0.15) is 60.8 Å². The van der Waals surface area contributed by atoms with E-state index < -0.39 is 12.0 Å². The lowest BCUT2D eigenvalue weighted by molar-refractivity contribution is 0.223. The van der Waals surface area contributed by atoms with Gasteiger partial charge in [-0.2, -0.15) is 0 Å². The highest BCUT2D eigenvalue weighted by atomic mass is 19.1. The highest BCUT2D eigenvalue weighted by molar-refractivity contribution is 5.52. The first-order valence-electron chi connectivity index (χ1n) is 9.00. The van der Waals surface area contributed by atoms with Gasteiger partial charge in [-0.25, -0.2) is 8.78 Å². The first kappa shape index (κ1) is 23.4. The Morgan fingerprint density at radius 1 is 1.24 bits per heavy atom. The summed E-state index contributed by atoms with van der Waals surface area (Å²) in [6, 6.07) is 0. The standard InChI is InChI=1S/C22H35F2N/c1-9-12-17(13-10-2)19(14-18(23)15-22(5,6)7)21(25-8)16(4)20(24)11-3/h9,11-13,18,25H,4,10,14-15H2,1-3,5-8H3/b12-9-,17-13+,20-11+,21-19+. The van der Waals surface area contributed by atoms with Gasteiger partial charge in [-0.3, -0.25) is 0 Å². The number of allylic oxidation sites excluding steroid dienone is 7. The zero-order valence-electron chi connectivity index (χ0n) is 17.0. The molecule has 0 saturated carbocycles. The van der Waals surface area contributed by atoms with Gasteiger partial charge in [-0.05, 0) is 43.3 Å². The van der Waals surface area contributed by atoms with Gasteiger partial charge in [0.2, 0.25) is 0 Å². The summed E-state index contributed by atoms with van der Waals surface area (Å²) in [4.78, 5) is 0. The van der Waals surface area contributed by atoms with Crippen LogP contribution < -0.4 is 5.32 Å². The third kappa shape index (κ3) is 8.33. The fourth-order valence-corrected chi connectivity index (χ4v) is 2.79. The van der Waals surface area contributed by atoms with Crippen LogP contribution in [0.5, 0.6) is 0 Å². The molecule has 0 aromatic carbocycles. The Hall–Kier alpha value is -1.64. The molecule has 1 N–H and O–H groups in total. The minimum atomic E-state index is -1.01. The number of hydrogen-bond acceptors (Lipinski definition) is 1. The Balaban J connectivity index is 6.15. The van der Waals surface area contributed by atoms with E-state index in [1.54, 1.807) is 14.0 Å². The molecule has 0 aromatic heterocycles. The highest BCUT2D eigenvalue weighted by Gasteiger charge is 2.23. The molecule has 1 nitrogen and oxygen atoms in total. The quantitative estimate of drug-likeness (QED) is 0.442. The molecule has 0 amide bonds. The second-order valence-electron chi connectivity index (χ2n) is 7.35. The van der Waals surface area contributed by atoms with Crippen LogP contribution in [0.15, 0.2) is 59.1 Å². The lowest BCUT2D eigenvalue weighted by Gasteiger charge is -2.24. The van der Waals surface area contributed by atoms with Gasteiger partial charge < -0.3 is 5.32 Å². The van der Waals surface area contributed by atoms with E-state index in [-0.39, 0.29) is 17.4 Å². The maximum atomic E-state index is 14.8. The summed E-state index contributed by atoms with van der Waals surface area (Å²) in [5.41, 5.74) is 2.39. The molecule has 0 aliphatic heterocycles. The third-order valence-electron chi connectivity index (χ3n) is 3.77. The van der Waals surface area contributed by atoms with Crippen molar-refractivity contribution >= 4 is 0 Å². The Bertz CT molecular complexity index is 557. The van der Waals surface area contributed by atoms with Crippen molar-refractivity contribution < 1.29 is 8.78 Å². The molecular formula is C22H35F2N. The van der Waals surface area contributed by atoms with E-state index in [0.29, 0.717) is 12.1 Å². The first-order chi connectivity index (χ1) is 11.6. The average Bonchev–Trinajstić information content (AvgIpc) is 2.51. The van der Waals surface area contributed by atoms with Crippen molar-refractivity contribution in [3.8, 4) is 0 Å². The number of nitrogens with one attached hydrogen (secondary N) is 1. The van der Waals surface area contributed by atoms with Crippen molar-refractivity contribution in [2.45, 2.75) is 67.0 Å². The van der Waals surface area contributed by atoms with Gasteiger partial charge in [0.15, 0.2) is 0 Å². The molecular weight excluding hydrogens is 316 g/mol. The second-order valence-corrected chi connectivity index (χ2v) is 7.35. The Kier molecular flexibility index (Phi) is 10.3. The molecule has 142 valence electrons. The number of hydrogen-bond donors (Lipinski definition) is 1. The molecule has 0 spiro atoms. The van der Waals surface area contributed by atoms with Crippen LogP contribution in [-0.4, -0.2) is 13.2 Å². The molecule has 0 aromatic rings. The van der Waals surface area contributed by atoms with Crippen LogP contribution in [0.4, 0.5) is 8.78 Å². The predicted molar refractivity (Wildman–Crippen MR) is 107 cm³/mol. The summed E-state index contributed by atoms with van der Waals surface area (Å²) in [5.74, 6) is -0.399. The van der Waals surface area contributed by atoms with Crippen molar-refractivity contribution in [1.29, 1.82) is 0 Å². The Morgan fingerprint density at radius 3 is 2.24 bits per heavy atom. The normalized spacial score (nSPS) is 16.0. The van der Waals surface area contributed by atoms with Gasteiger partial charge in [0.05, 0.1) is 0 Å². The lowest BCUT2D eigenvalue weighted by Crippen LogP contribution is -2.19. The fraction of sp³-hybridized carbons (Fsp3) is 0.545. The fourth-order valence-electron chi connectivity index (χ4n) is 2.79. The van der Waals surface area contributed by atoms with Crippen molar-refractivity contribution in [3.63, 3.8) is 0 Å². The molecule has 0 radical (unpaired) electrons. The number of halogens is 2. The largest absolute Gasteiger partial charge is 0.387 e. The number of likely N-dealkylation sites (N-methyl/N-ethyl adjacent to an activating group) is 1. The van der Waals surface area contributed by atoms with Crippen LogP contribution in [0.2, 0.25) is 0 Å². The monoisotopic (exact) mass is 351 g/mol. The van der Waals surface area contributed by atoms with Gasteiger partial charge in [0.1, 0.15) is 12.0 Å². The summed E-state index contributed by atoms with van der Waals surface area (Å²) in [6.45, 7) is 15.5. The van der Waals surface area contributed by atoms with Crippen LogP contribution in [0, 0.1) is 5.41 Å². The lowest BCUT2D eigenvalue weighted by atomic mass is 9.85. The summed E-state index contributed by atoms with van der Waals surface area (Å²) >= 11 is 0. The molecule has 1 unspecified atom stereocenters. The minimum absolute atomic E-state index is 0.106. The molecule has 3 heteroatoms. The van der Waals surface area contributed by atoms with E-state index in [2.05, 4.69) is 11.9 Å². The maximum Gasteiger partial charge on any atom is 0.127 e. The third-order valence-corrected chi connectivity index (χ3v) is 3.77. The van der Waals surface area contributed by atoms with Gasteiger partial charge in [0.25, 0.3) is 0 Å². The van der Waals surface area contributed by atoms with E-state index >= 15 is 0 Å². The average molecular weight is 352 g/mol. The summed E-state index contributed by atoms with van der Waals surface area (Å²) in [7, 11) is 1.72. The van der Waals surface area contributed by atoms with Gasteiger partial charge in [0, 0.05) is 24.7 Å². The van der Waals surface area contributed by atoms with E-state index in [9.17, 15) is 8.78 Å². The molecule has 0 aliphatic carbocycles. The van der Waals surface area contributed by atoms with Crippen molar-refractivity contribution in [2.75, 3.05) is 7.05 Å². The van der Waals surface area contributed by atoms with E-state index in [1.165, 1.54) is 6.08 Å². The van der Waals surface area contributed by atoms with Crippen molar-refractivity contribution in [3.05, 3.63) is 59.1 Å². The van der Waals surface area contributed by atoms with E-state index in [0.717, 1.165) is 17.6 Å². The van der Waals surface area contributed by atoms with E-state index in [1.807, 2.05) is 52.8 Å². The molecule has 0 saturated heterocycles. The predicted octanol–water partition coefficient (Wildman–Crippen LogP) is 6.97. The van der Waals surface area contributed by atoms with Crippen LogP contribution >= 0.6 is 0 Å². The maximum absolute atomic E-state index is 14.8. The van der Waals surface area contributed by atoms with E-state index in [4.69, 9.17) is 0 Å². The number of rotatable bonds is 9. The van der Waals surface area contributed by atoms with Gasteiger partial charge in [-0.1, -0.05) is 58.6 Å². The summed E-state index contributed by atoms with van der Waals surface area (Å²) < 4.78 is 28.9. The van der Waals surface area contributed by atoms with Crippen LogP contribution in [0.3, 0.4) is 0 Å². The number of alkyl halides is 1. The smallest absolute Gasteiger partial charge is 0.127 e. The summed E-state index contributed by atoms with van der Waals surface area (Å²) in [5, 5.41) is 3.04. The zero-order valence-corrected chi connectivity index (χ0v) is 17.0. The molecule has 0 bridgehead atoms. The van der Waals surface area contributed by atoms with Gasteiger partial charge in [-0.15, -0.1) is 0 Å². The first-order valence-corrected chi connectivity index (χ1v) is 9.00. The molecule has 0 rings (SSSR count). The topological polar surface area (TPSA) is 12.0 Å². The van der Waals surface area contributed by atoms with Crippen LogP contribution in [-0.2, 0) is 0 Å². The SMILES string of the molecule is C=C(/C(F)=C\C)\C(NC)=C(CC(F)CC(C)(C)C)/C(/C=C\C)=C/CC. The molecule has 0 heterocycles. The minimum Gasteiger partial charge on any atom is -0.387 e. The van der Waals surface area contributed by atoms with Crippen LogP contribution in [0.25, 0.3) is 0 Å². The molecule has 1 atom stereocenters. The molecule has 0 aliphatic rings. The Labute approximate surface area is 153 Å². The Morgan fingerprint density at radius 2 is 1.84 bits per heavy atom.